The van der Waals surface area contributed by atoms with Crippen LogP contribution in [0.2, 0.25) is 0 Å². The third-order valence-electron chi connectivity index (χ3n) is 7.33. The van der Waals surface area contributed by atoms with Gasteiger partial charge in [-0.3, -0.25) is 19.8 Å². The number of β-amino-alcohol motifs (C(OH)–C–C–N with tert-alkyl or cyclic N) is 1. The van der Waals surface area contributed by atoms with E-state index in [0.717, 1.165) is 11.6 Å². The molecule has 1 atom stereocenters. The molecule has 5 rings (SSSR count). The quantitative estimate of drug-likeness (QED) is 0.181. The molecule has 1 unspecified atom stereocenters. The van der Waals surface area contributed by atoms with Gasteiger partial charge in [-0.15, -0.1) is 0 Å². The minimum Gasteiger partial charge on any atom is -0.375 e. The number of ketones is 1. The van der Waals surface area contributed by atoms with Gasteiger partial charge in [-0.2, -0.15) is 13.2 Å². The standard InChI is InChI=1S/C27H26F3N5O4.CH2O/c28-27(29,30)26(37,17-33-12-8-19(9-13-33)24(36)25-31-10-11-32-25)22-16-34(15-18-4-2-1-3-5-18)23-14-20(35(38)39)6-7-21(22)23;1-2/h1-7,10-11,14,16,19,37H,8-9,12-13,15,17H2,(H,31,32);1H2. The number of fused-ring (bicyclic) bond motifs is 1. The molecule has 0 aliphatic carbocycles. The summed E-state index contributed by atoms with van der Waals surface area (Å²) in [5.74, 6) is -0.336. The Hall–Kier alpha value is -4.36. The van der Waals surface area contributed by atoms with E-state index in [0.29, 0.717) is 12.8 Å². The Morgan fingerprint density at radius 2 is 1.83 bits per heavy atom. The van der Waals surface area contributed by atoms with Gasteiger partial charge in [-0.25, -0.2) is 4.98 Å². The van der Waals surface area contributed by atoms with Crippen LogP contribution in [0.5, 0.6) is 0 Å². The van der Waals surface area contributed by atoms with Crippen molar-refractivity contribution in [1.82, 2.24) is 19.4 Å². The van der Waals surface area contributed by atoms with Crippen LogP contribution in [0.25, 0.3) is 10.9 Å². The smallest absolute Gasteiger partial charge is 0.375 e. The number of nitro groups is 1. The van der Waals surface area contributed by atoms with E-state index in [1.807, 2.05) is 6.79 Å². The molecule has 1 aliphatic rings. The first-order valence-corrected chi connectivity index (χ1v) is 12.7. The van der Waals surface area contributed by atoms with Crippen LogP contribution in [0, 0.1) is 16.0 Å². The van der Waals surface area contributed by atoms with Crippen LogP contribution in [0.1, 0.15) is 34.6 Å². The molecule has 0 spiro atoms. The van der Waals surface area contributed by atoms with E-state index in [9.17, 15) is 33.2 Å². The maximum Gasteiger partial charge on any atom is 0.422 e. The number of H-pyrrole nitrogens is 1. The first kappa shape index (κ1) is 29.6. The minimum absolute atomic E-state index is 0.0826. The zero-order valence-electron chi connectivity index (χ0n) is 21.9. The van der Waals surface area contributed by atoms with Crippen LogP contribution in [0.15, 0.2) is 67.1 Å². The highest BCUT2D eigenvalue weighted by molar-refractivity contribution is 5.94. The van der Waals surface area contributed by atoms with Crippen LogP contribution >= 0.6 is 0 Å². The molecule has 216 valence electrons. The molecule has 2 aromatic heterocycles. The van der Waals surface area contributed by atoms with E-state index >= 15 is 0 Å². The SMILES string of the molecule is C=O.O=C(c1ncc[nH]1)C1CCN(CC(O)(c2cn(Cc3ccccc3)c3cc([N+](=O)[O-])ccc23)C(F)(F)F)CC1. The number of benzene rings is 2. The molecular weight excluding hydrogens is 543 g/mol. The Balaban J connectivity index is 0.00000189. The number of nitrogens with zero attached hydrogens (tertiary/aromatic N) is 4. The number of imidazole rings is 1. The van der Waals surface area contributed by atoms with Gasteiger partial charge in [0.05, 0.1) is 10.4 Å². The van der Waals surface area contributed by atoms with E-state index < -0.39 is 23.2 Å². The Bertz CT molecular complexity index is 1500. The Kier molecular flexibility index (Phi) is 8.69. The number of hydrogen-bond acceptors (Lipinski definition) is 7. The molecule has 41 heavy (non-hydrogen) atoms. The second kappa shape index (κ2) is 12.0. The zero-order valence-corrected chi connectivity index (χ0v) is 21.9. The number of carbonyl (C=O) groups excluding carboxylic acids is 2. The Morgan fingerprint density at radius 3 is 2.41 bits per heavy atom. The van der Waals surface area contributed by atoms with Crippen molar-refractivity contribution in [1.29, 1.82) is 0 Å². The van der Waals surface area contributed by atoms with Gasteiger partial charge in [-0.1, -0.05) is 30.3 Å². The predicted molar refractivity (Wildman–Crippen MR) is 143 cm³/mol. The van der Waals surface area contributed by atoms with Gasteiger partial charge in [0.25, 0.3) is 5.69 Å². The minimum atomic E-state index is -5.04. The fourth-order valence-corrected chi connectivity index (χ4v) is 5.23. The summed E-state index contributed by atoms with van der Waals surface area (Å²) in [4.78, 5) is 39.7. The number of nitro benzene ring substituents is 1. The lowest BCUT2D eigenvalue weighted by Crippen LogP contribution is -2.52. The number of likely N-dealkylation sites (tertiary alicyclic amines) is 1. The molecular formula is C28H28F3N5O5. The number of non-ortho nitro benzene ring substituents is 1. The summed E-state index contributed by atoms with van der Waals surface area (Å²) < 4.78 is 45.4. The molecule has 0 radical (unpaired) electrons. The van der Waals surface area contributed by atoms with Crippen molar-refractivity contribution < 1.29 is 32.8 Å². The average Bonchev–Trinajstić information content (AvgIpc) is 3.63. The first-order chi connectivity index (χ1) is 19.6. The van der Waals surface area contributed by atoms with Gasteiger partial charge in [0, 0.05) is 60.7 Å². The van der Waals surface area contributed by atoms with Crippen molar-refractivity contribution in [2.45, 2.75) is 31.2 Å². The molecule has 13 heteroatoms. The van der Waals surface area contributed by atoms with E-state index in [-0.39, 0.29) is 59.3 Å². The monoisotopic (exact) mass is 571 g/mol. The number of aliphatic hydroxyl groups is 1. The number of piperidine rings is 1. The Morgan fingerprint density at radius 1 is 1.15 bits per heavy atom. The van der Waals surface area contributed by atoms with E-state index in [4.69, 9.17) is 4.79 Å². The van der Waals surface area contributed by atoms with Crippen molar-refractivity contribution in [3.8, 4) is 0 Å². The van der Waals surface area contributed by atoms with Crippen LogP contribution in [0.4, 0.5) is 18.9 Å². The Labute approximate surface area is 232 Å². The number of Topliss-reactive ketones (excluding diaryl/α,β-unsaturated/α-hetero) is 1. The molecule has 2 N–H and O–H groups in total. The number of halogens is 3. The first-order valence-electron chi connectivity index (χ1n) is 12.7. The summed E-state index contributed by atoms with van der Waals surface area (Å²) in [5.41, 5.74) is -2.88. The van der Waals surface area contributed by atoms with Gasteiger partial charge >= 0.3 is 6.18 Å². The van der Waals surface area contributed by atoms with E-state index in [1.54, 1.807) is 30.3 Å². The maximum atomic E-state index is 14.6. The second-order valence-corrected chi connectivity index (χ2v) is 9.83. The summed E-state index contributed by atoms with van der Waals surface area (Å²) in [6.07, 6.45) is -0.141. The fraction of sp³-hybridized carbons (Fsp3) is 0.321. The molecule has 10 nitrogen and oxygen atoms in total. The summed E-state index contributed by atoms with van der Waals surface area (Å²) in [5, 5.41) is 22.9. The number of alkyl halides is 3. The van der Waals surface area contributed by atoms with Gasteiger partial charge in [0.15, 0.2) is 5.82 Å². The fourth-order valence-electron chi connectivity index (χ4n) is 5.23. The largest absolute Gasteiger partial charge is 0.422 e. The van der Waals surface area contributed by atoms with Crippen molar-refractivity contribution in [3.63, 3.8) is 0 Å². The summed E-state index contributed by atoms with van der Waals surface area (Å²) in [7, 11) is 0. The molecule has 1 fully saturated rings. The summed E-state index contributed by atoms with van der Waals surface area (Å²) in [6, 6.07) is 12.6. The average molecular weight is 572 g/mol. The number of rotatable bonds is 8. The number of aromatic nitrogens is 3. The molecule has 4 aromatic rings. The third-order valence-corrected chi connectivity index (χ3v) is 7.33. The molecule has 0 saturated carbocycles. The molecule has 3 heterocycles. The molecule has 1 saturated heterocycles. The van der Waals surface area contributed by atoms with Crippen LogP contribution in [-0.2, 0) is 16.9 Å². The highest BCUT2D eigenvalue weighted by Crippen LogP contribution is 2.44. The lowest BCUT2D eigenvalue weighted by molar-refractivity contribution is -0.384. The predicted octanol–water partition coefficient (Wildman–Crippen LogP) is 4.48. The number of carbonyl (C=O) groups is 2. The van der Waals surface area contributed by atoms with Gasteiger partial charge < -0.3 is 19.5 Å². The third kappa shape index (κ3) is 6.05. The van der Waals surface area contributed by atoms with Crippen molar-refractivity contribution >= 4 is 29.2 Å². The number of aromatic amines is 1. The van der Waals surface area contributed by atoms with Gasteiger partial charge in [-0.05, 0) is 37.6 Å². The summed E-state index contributed by atoms with van der Waals surface area (Å²) in [6.45, 7) is 1.79. The molecule has 0 amide bonds. The highest BCUT2D eigenvalue weighted by atomic mass is 19.4. The molecule has 0 bridgehead atoms. The maximum absolute atomic E-state index is 14.6. The van der Waals surface area contributed by atoms with Crippen molar-refractivity contribution in [2.75, 3.05) is 19.6 Å². The van der Waals surface area contributed by atoms with Crippen molar-refractivity contribution in [2.24, 2.45) is 5.92 Å². The lowest BCUT2D eigenvalue weighted by Gasteiger charge is -2.38. The zero-order chi connectivity index (χ0) is 29.8. The summed E-state index contributed by atoms with van der Waals surface area (Å²) >= 11 is 0. The van der Waals surface area contributed by atoms with Gasteiger partial charge in [0.2, 0.25) is 11.4 Å². The van der Waals surface area contributed by atoms with Crippen LogP contribution < -0.4 is 0 Å². The van der Waals surface area contributed by atoms with Crippen LogP contribution in [-0.4, -0.2) is 67.8 Å². The highest BCUT2D eigenvalue weighted by Gasteiger charge is 2.57. The second-order valence-electron chi connectivity index (χ2n) is 9.83. The number of hydrogen-bond donors (Lipinski definition) is 2. The van der Waals surface area contributed by atoms with Gasteiger partial charge in [0.1, 0.15) is 6.79 Å². The van der Waals surface area contributed by atoms with Crippen molar-refractivity contribution in [3.05, 3.63) is 94.2 Å². The lowest BCUT2D eigenvalue weighted by atomic mass is 9.88. The normalized spacial score (nSPS) is 16.1. The number of nitrogens with one attached hydrogen (secondary N) is 1. The van der Waals surface area contributed by atoms with Crippen LogP contribution in [0.3, 0.4) is 0 Å². The molecule has 2 aromatic carbocycles. The van der Waals surface area contributed by atoms with E-state index in [1.165, 1.54) is 40.2 Å². The van der Waals surface area contributed by atoms with E-state index in [2.05, 4.69) is 9.97 Å². The topological polar surface area (TPSA) is 134 Å². The molecule has 1 aliphatic heterocycles.